The Morgan fingerprint density at radius 1 is 1.22 bits per heavy atom. The van der Waals surface area contributed by atoms with Crippen LogP contribution in [-0.2, 0) is 17.6 Å². The number of nitrogens with zero attached hydrogens (tertiary/aromatic N) is 3. The summed E-state index contributed by atoms with van der Waals surface area (Å²) in [5.41, 5.74) is 6.37. The van der Waals surface area contributed by atoms with Gasteiger partial charge in [-0.2, -0.15) is 5.10 Å². The number of amides is 2. The molecule has 1 fully saturated rings. The van der Waals surface area contributed by atoms with E-state index in [1.807, 2.05) is 30.0 Å². The molecule has 2 aromatic heterocycles. The number of hydrogen-bond acceptors (Lipinski definition) is 4. The summed E-state index contributed by atoms with van der Waals surface area (Å²) in [7, 11) is 0. The molecule has 1 aliphatic heterocycles. The fraction of sp³-hybridized carbons (Fsp3) is 0.536. The summed E-state index contributed by atoms with van der Waals surface area (Å²) in [4.78, 5) is 32.8. The molecule has 0 unspecified atom stereocenters. The molecule has 8 nitrogen and oxygen atoms in total. The van der Waals surface area contributed by atoms with Crippen molar-refractivity contribution in [1.82, 2.24) is 25.0 Å². The maximum absolute atomic E-state index is 13.3. The molecule has 0 spiro atoms. The van der Waals surface area contributed by atoms with Crippen molar-refractivity contribution < 1.29 is 14.3 Å². The van der Waals surface area contributed by atoms with Gasteiger partial charge in [0.2, 0.25) is 0 Å². The third-order valence-corrected chi connectivity index (χ3v) is 7.66. The summed E-state index contributed by atoms with van der Waals surface area (Å²) < 4.78 is 5.37. The van der Waals surface area contributed by atoms with Crippen molar-refractivity contribution >= 4 is 22.9 Å². The number of aromatic amines is 2. The van der Waals surface area contributed by atoms with Crippen molar-refractivity contribution in [2.75, 3.05) is 26.2 Å². The quantitative estimate of drug-likeness (QED) is 0.482. The third-order valence-electron chi connectivity index (χ3n) is 7.66. The molecule has 1 atom stereocenters. The fourth-order valence-electron chi connectivity index (χ4n) is 5.44. The fourth-order valence-corrected chi connectivity index (χ4v) is 5.44. The first kappa shape index (κ1) is 24.4. The summed E-state index contributed by atoms with van der Waals surface area (Å²) in [5, 5.41) is 8.96. The summed E-state index contributed by atoms with van der Waals surface area (Å²) in [5.74, 6) is -0.0155. The van der Waals surface area contributed by atoms with Crippen LogP contribution in [0.25, 0.3) is 22.3 Å². The average Bonchev–Trinajstić information content (AvgIpc) is 3.45. The molecular formula is C28H37N5O3. The van der Waals surface area contributed by atoms with E-state index in [1.54, 1.807) is 4.90 Å². The highest BCUT2D eigenvalue weighted by atomic mass is 16.6. The minimum atomic E-state index is -0.285. The summed E-state index contributed by atoms with van der Waals surface area (Å²) in [6.45, 7) is 10.5. The second-order valence-corrected chi connectivity index (χ2v) is 11.1. The number of hydrogen-bond donors (Lipinski definition) is 2. The zero-order valence-electron chi connectivity index (χ0n) is 21.8. The van der Waals surface area contributed by atoms with Gasteiger partial charge in [0.05, 0.1) is 12.3 Å². The molecule has 1 aromatic carbocycles. The lowest BCUT2D eigenvalue weighted by Crippen LogP contribution is -2.55. The Bertz CT molecular complexity index is 1270. The second-order valence-electron chi connectivity index (χ2n) is 11.1. The Kier molecular flexibility index (Phi) is 6.53. The van der Waals surface area contributed by atoms with Crippen LogP contribution in [0.15, 0.2) is 24.3 Å². The van der Waals surface area contributed by atoms with E-state index in [0.29, 0.717) is 37.2 Å². The number of unbranched alkanes of at least 4 members (excludes halogenated alkanes) is 1. The van der Waals surface area contributed by atoms with Gasteiger partial charge in [-0.05, 0) is 56.2 Å². The van der Waals surface area contributed by atoms with E-state index < -0.39 is 0 Å². The Balaban J connectivity index is 1.29. The molecule has 0 radical (unpaired) electrons. The van der Waals surface area contributed by atoms with Gasteiger partial charge >= 0.3 is 6.09 Å². The molecule has 192 valence electrons. The molecule has 2 N–H and O–H groups in total. The van der Waals surface area contributed by atoms with Gasteiger partial charge in [0, 0.05) is 53.4 Å². The molecule has 3 aromatic rings. The van der Waals surface area contributed by atoms with E-state index >= 15 is 0 Å². The Labute approximate surface area is 212 Å². The number of H-pyrrole nitrogens is 2. The van der Waals surface area contributed by atoms with E-state index in [-0.39, 0.29) is 18.0 Å². The zero-order valence-corrected chi connectivity index (χ0v) is 21.8. The van der Waals surface area contributed by atoms with E-state index in [1.165, 1.54) is 11.3 Å². The number of benzene rings is 1. The van der Waals surface area contributed by atoms with Crippen LogP contribution in [0.1, 0.15) is 68.6 Å². The first-order valence-electron chi connectivity index (χ1n) is 13.2. The van der Waals surface area contributed by atoms with E-state index in [2.05, 4.69) is 42.0 Å². The Morgan fingerprint density at radius 2 is 2.06 bits per heavy atom. The first-order valence-corrected chi connectivity index (χ1v) is 13.2. The van der Waals surface area contributed by atoms with Gasteiger partial charge in [0.25, 0.3) is 5.91 Å². The predicted molar refractivity (Wildman–Crippen MR) is 140 cm³/mol. The summed E-state index contributed by atoms with van der Waals surface area (Å²) in [6.07, 6.45) is 4.74. The highest BCUT2D eigenvalue weighted by Gasteiger charge is 2.32. The van der Waals surface area contributed by atoms with Gasteiger partial charge in [-0.3, -0.25) is 9.89 Å². The standard InChI is InChI=1S/C28H37N5O3/c1-5-6-13-36-27(35)33-12-11-32(17-18(33)2)26(34)20-8-7-19-14-23(29-22(19)15-20)25-21-9-10-28(3,4)16-24(21)30-31-25/h7-8,14-15,18,29H,5-6,9-13,16-17H2,1-4H3,(H,30,31)/t18-/m1/s1. The number of aromatic nitrogens is 3. The number of ether oxygens (including phenoxy) is 1. The second kappa shape index (κ2) is 9.64. The van der Waals surface area contributed by atoms with Crippen LogP contribution in [0.4, 0.5) is 4.79 Å². The number of rotatable bonds is 5. The van der Waals surface area contributed by atoms with Crippen molar-refractivity contribution in [3.8, 4) is 11.4 Å². The number of carbonyl (C=O) groups excluding carboxylic acids is 2. The van der Waals surface area contributed by atoms with E-state index in [9.17, 15) is 9.59 Å². The van der Waals surface area contributed by atoms with Crippen LogP contribution in [0.5, 0.6) is 0 Å². The van der Waals surface area contributed by atoms with Crippen molar-refractivity contribution in [1.29, 1.82) is 0 Å². The SMILES string of the molecule is CCCCOC(=O)N1CCN(C(=O)c2ccc3cc(-c4n[nH]c5c4CCC(C)(C)C5)[nH]c3c2)C[C@H]1C. The maximum atomic E-state index is 13.3. The number of fused-ring (bicyclic) bond motifs is 2. The minimum Gasteiger partial charge on any atom is -0.449 e. The Morgan fingerprint density at radius 3 is 2.83 bits per heavy atom. The maximum Gasteiger partial charge on any atom is 0.410 e. The van der Waals surface area contributed by atoms with Crippen LogP contribution in [-0.4, -0.2) is 69.3 Å². The number of carbonyl (C=O) groups is 2. The third kappa shape index (κ3) is 4.73. The predicted octanol–water partition coefficient (Wildman–Crippen LogP) is 5.16. The molecule has 5 rings (SSSR count). The largest absolute Gasteiger partial charge is 0.449 e. The first-order chi connectivity index (χ1) is 17.3. The monoisotopic (exact) mass is 491 g/mol. The Hall–Kier alpha value is -3.29. The molecule has 0 saturated carbocycles. The molecular weight excluding hydrogens is 454 g/mol. The molecule has 0 bridgehead atoms. The zero-order chi connectivity index (χ0) is 25.4. The number of nitrogens with one attached hydrogen (secondary N) is 2. The topological polar surface area (TPSA) is 94.3 Å². The normalized spacial score (nSPS) is 19.4. The molecule has 36 heavy (non-hydrogen) atoms. The molecule has 1 saturated heterocycles. The van der Waals surface area contributed by atoms with Crippen LogP contribution in [0.2, 0.25) is 0 Å². The lowest BCUT2D eigenvalue weighted by molar-refractivity contribution is 0.0409. The van der Waals surface area contributed by atoms with Crippen molar-refractivity contribution in [2.24, 2.45) is 5.41 Å². The number of piperazine rings is 1. The smallest absolute Gasteiger partial charge is 0.410 e. The molecule has 8 heteroatoms. The molecule has 1 aliphatic carbocycles. The molecule has 2 aliphatic rings. The van der Waals surface area contributed by atoms with Gasteiger partial charge in [-0.15, -0.1) is 0 Å². The van der Waals surface area contributed by atoms with Gasteiger partial charge < -0.3 is 19.5 Å². The van der Waals surface area contributed by atoms with Crippen LogP contribution in [0, 0.1) is 5.41 Å². The highest BCUT2D eigenvalue weighted by molar-refractivity contribution is 5.99. The van der Waals surface area contributed by atoms with E-state index in [4.69, 9.17) is 4.74 Å². The van der Waals surface area contributed by atoms with Crippen LogP contribution in [0.3, 0.4) is 0 Å². The summed E-state index contributed by atoms with van der Waals surface area (Å²) in [6, 6.07) is 7.84. The minimum absolute atomic E-state index is 0.0155. The van der Waals surface area contributed by atoms with Gasteiger partial charge in [-0.1, -0.05) is 33.3 Å². The van der Waals surface area contributed by atoms with Gasteiger partial charge in [-0.25, -0.2) is 4.79 Å². The van der Waals surface area contributed by atoms with Crippen molar-refractivity contribution in [3.63, 3.8) is 0 Å². The lowest BCUT2D eigenvalue weighted by atomic mass is 9.76. The molecule has 3 heterocycles. The van der Waals surface area contributed by atoms with Crippen molar-refractivity contribution in [2.45, 2.75) is 65.8 Å². The van der Waals surface area contributed by atoms with Crippen LogP contribution < -0.4 is 0 Å². The lowest BCUT2D eigenvalue weighted by Gasteiger charge is -2.39. The van der Waals surface area contributed by atoms with Gasteiger partial charge in [0.15, 0.2) is 0 Å². The van der Waals surface area contributed by atoms with Gasteiger partial charge in [0.1, 0.15) is 5.69 Å². The van der Waals surface area contributed by atoms with Crippen LogP contribution >= 0.6 is 0 Å². The molecule has 2 amide bonds. The highest BCUT2D eigenvalue weighted by Crippen LogP contribution is 2.38. The van der Waals surface area contributed by atoms with E-state index in [0.717, 1.165) is 54.4 Å². The average molecular weight is 492 g/mol. The van der Waals surface area contributed by atoms with Crippen molar-refractivity contribution in [3.05, 3.63) is 41.1 Å². The summed E-state index contributed by atoms with van der Waals surface area (Å²) >= 11 is 0.